The molecular weight excluding hydrogens is 304 g/mol. The van der Waals surface area contributed by atoms with Crippen LogP contribution in [0.2, 0.25) is 0 Å². The van der Waals surface area contributed by atoms with Crippen molar-refractivity contribution in [2.45, 2.75) is 40.0 Å². The van der Waals surface area contributed by atoms with Crippen molar-refractivity contribution in [1.82, 2.24) is 0 Å². The SMILES string of the molecule is CCCc1ccc(C/C(C(=O)/C(OC)=C(\C)OC)=C(\C)C=O)cc1. The van der Waals surface area contributed by atoms with Crippen molar-refractivity contribution in [3.63, 3.8) is 0 Å². The molecule has 0 spiro atoms. The number of aldehydes is 1. The Morgan fingerprint density at radius 3 is 2.08 bits per heavy atom. The lowest BCUT2D eigenvalue weighted by atomic mass is 9.95. The molecule has 0 amide bonds. The van der Waals surface area contributed by atoms with Gasteiger partial charge in [0.1, 0.15) is 12.0 Å². The van der Waals surface area contributed by atoms with E-state index in [1.165, 1.54) is 19.8 Å². The van der Waals surface area contributed by atoms with Crippen molar-refractivity contribution in [2.75, 3.05) is 14.2 Å². The first-order valence-corrected chi connectivity index (χ1v) is 8.04. The van der Waals surface area contributed by atoms with E-state index in [-0.39, 0.29) is 11.5 Å². The van der Waals surface area contributed by atoms with Crippen LogP contribution in [0.15, 0.2) is 46.9 Å². The van der Waals surface area contributed by atoms with Crippen molar-refractivity contribution in [3.05, 3.63) is 58.1 Å². The third-order valence-electron chi connectivity index (χ3n) is 3.91. The van der Waals surface area contributed by atoms with Gasteiger partial charge in [-0.25, -0.2) is 0 Å². The summed E-state index contributed by atoms with van der Waals surface area (Å²) in [6.45, 7) is 5.43. The zero-order valence-electron chi connectivity index (χ0n) is 15.1. The first kappa shape index (κ1) is 19.7. The molecule has 0 saturated carbocycles. The lowest BCUT2D eigenvalue weighted by Gasteiger charge is -2.13. The summed E-state index contributed by atoms with van der Waals surface area (Å²) in [4.78, 5) is 24.0. The summed E-state index contributed by atoms with van der Waals surface area (Å²) in [6, 6.07) is 8.11. The third kappa shape index (κ3) is 5.08. The van der Waals surface area contributed by atoms with E-state index in [2.05, 4.69) is 19.1 Å². The fourth-order valence-corrected chi connectivity index (χ4v) is 2.41. The molecule has 4 heteroatoms. The molecule has 130 valence electrons. The molecule has 0 bridgehead atoms. The number of allylic oxidation sites excluding steroid dienone is 3. The molecule has 1 aromatic rings. The van der Waals surface area contributed by atoms with E-state index in [9.17, 15) is 9.59 Å². The molecule has 4 nitrogen and oxygen atoms in total. The molecule has 1 aromatic carbocycles. The average Bonchev–Trinajstić information content (AvgIpc) is 2.60. The van der Waals surface area contributed by atoms with E-state index in [0.717, 1.165) is 18.4 Å². The topological polar surface area (TPSA) is 52.6 Å². The molecule has 1 rings (SSSR count). The Bertz CT molecular complexity index is 636. The van der Waals surface area contributed by atoms with Gasteiger partial charge in [-0.3, -0.25) is 9.59 Å². The summed E-state index contributed by atoms with van der Waals surface area (Å²) in [6.07, 6.45) is 3.19. The van der Waals surface area contributed by atoms with E-state index in [1.807, 2.05) is 12.1 Å². The predicted molar refractivity (Wildman–Crippen MR) is 94.6 cm³/mol. The standard InChI is InChI=1S/C20H26O4/c1-6-7-16-8-10-17(11-9-16)12-18(14(2)13-21)19(22)20(24-5)15(3)23-4/h8-11,13H,6-7,12H2,1-5H3/b18-14-,20-15-. The largest absolute Gasteiger partial charge is 0.497 e. The molecule has 0 aliphatic carbocycles. The van der Waals surface area contributed by atoms with Crippen LogP contribution < -0.4 is 0 Å². The van der Waals surface area contributed by atoms with Crippen LogP contribution in [0.3, 0.4) is 0 Å². The molecule has 0 atom stereocenters. The minimum absolute atomic E-state index is 0.122. The van der Waals surface area contributed by atoms with Crippen molar-refractivity contribution >= 4 is 12.1 Å². The van der Waals surface area contributed by atoms with Gasteiger partial charge in [-0.1, -0.05) is 37.6 Å². The summed E-state index contributed by atoms with van der Waals surface area (Å²) < 4.78 is 10.3. The van der Waals surface area contributed by atoms with Crippen LogP contribution in [-0.2, 0) is 31.9 Å². The lowest BCUT2D eigenvalue weighted by Crippen LogP contribution is -2.15. The first-order valence-electron chi connectivity index (χ1n) is 8.04. The van der Waals surface area contributed by atoms with Gasteiger partial charge >= 0.3 is 0 Å². The summed E-state index contributed by atoms with van der Waals surface area (Å²) in [5, 5.41) is 0. The van der Waals surface area contributed by atoms with E-state index < -0.39 is 0 Å². The summed E-state index contributed by atoms with van der Waals surface area (Å²) >= 11 is 0. The Hall–Kier alpha value is -2.36. The number of aryl methyl sites for hydroxylation is 1. The van der Waals surface area contributed by atoms with Crippen LogP contribution in [0, 0.1) is 0 Å². The van der Waals surface area contributed by atoms with Gasteiger partial charge in [0.15, 0.2) is 0 Å². The fourth-order valence-electron chi connectivity index (χ4n) is 2.41. The second kappa shape index (κ2) is 9.71. The number of benzene rings is 1. The highest BCUT2D eigenvalue weighted by molar-refractivity contribution is 6.10. The van der Waals surface area contributed by atoms with Crippen LogP contribution in [0.4, 0.5) is 0 Å². The van der Waals surface area contributed by atoms with Crippen molar-refractivity contribution in [3.8, 4) is 0 Å². The number of carbonyl (C=O) groups is 2. The van der Waals surface area contributed by atoms with Gasteiger partial charge in [-0.2, -0.15) is 0 Å². The Morgan fingerprint density at radius 2 is 1.62 bits per heavy atom. The summed E-state index contributed by atoms with van der Waals surface area (Å²) in [5.74, 6) is 0.187. The van der Waals surface area contributed by atoms with Gasteiger partial charge in [0.05, 0.1) is 14.2 Å². The highest BCUT2D eigenvalue weighted by Gasteiger charge is 2.21. The number of methoxy groups -OCH3 is 2. The lowest BCUT2D eigenvalue weighted by molar-refractivity contribution is -0.116. The van der Waals surface area contributed by atoms with E-state index >= 15 is 0 Å². The average molecular weight is 330 g/mol. The number of Topliss-reactive ketones (excluding diaryl/α,β-unsaturated/α-hetero) is 1. The van der Waals surface area contributed by atoms with Gasteiger partial charge in [0, 0.05) is 12.0 Å². The van der Waals surface area contributed by atoms with Crippen LogP contribution >= 0.6 is 0 Å². The smallest absolute Gasteiger partial charge is 0.227 e. The Balaban J connectivity index is 3.16. The van der Waals surface area contributed by atoms with Gasteiger partial charge in [-0.15, -0.1) is 0 Å². The second-order valence-corrected chi connectivity index (χ2v) is 5.65. The molecule has 0 heterocycles. The quantitative estimate of drug-likeness (QED) is 0.393. The maximum Gasteiger partial charge on any atom is 0.227 e. The molecule has 0 unspecified atom stereocenters. The molecule has 0 radical (unpaired) electrons. The zero-order valence-corrected chi connectivity index (χ0v) is 15.1. The highest BCUT2D eigenvalue weighted by Crippen LogP contribution is 2.20. The summed E-state index contributed by atoms with van der Waals surface area (Å²) in [5.41, 5.74) is 3.06. The van der Waals surface area contributed by atoms with E-state index in [1.54, 1.807) is 13.8 Å². The Morgan fingerprint density at radius 1 is 1.04 bits per heavy atom. The second-order valence-electron chi connectivity index (χ2n) is 5.65. The van der Waals surface area contributed by atoms with Gasteiger partial charge in [0.25, 0.3) is 0 Å². The molecule has 0 aliphatic rings. The number of carbonyl (C=O) groups excluding carboxylic acids is 2. The maximum atomic E-state index is 12.8. The fraction of sp³-hybridized carbons (Fsp3) is 0.400. The van der Waals surface area contributed by atoms with Crippen LogP contribution in [0.1, 0.15) is 38.3 Å². The number of hydrogen-bond donors (Lipinski definition) is 0. The molecule has 24 heavy (non-hydrogen) atoms. The number of ether oxygens (including phenoxy) is 2. The number of ketones is 1. The van der Waals surface area contributed by atoms with E-state index in [0.29, 0.717) is 29.6 Å². The molecule has 0 saturated heterocycles. The summed E-state index contributed by atoms with van der Waals surface area (Å²) in [7, 11) is 2.90. The van der Waals surface area contributed by atoms with Crippen molar-refractivity contribution in [2.24, 2.45) is 0 Å². The predicted octanol–water partition coefficient (Wildman–Crippen LogP) is 3.79. The van der Waals surface area contributed by atoms with Gasteiger partial charge in [-0.05, 0) is 37.0 Å². The molecule has 0 aromatic heterocycles. The van der Waals surface area contributed by atoms with Gasteiger partial charge in [0.2, 0.25) is 11.5 Å². The van der Waals surface area contributed by atoms with Crippen molar-refractivity contribution < 1.29 is 19.1 Å². The van der Waals surface area contributed by atoms with Crippen LogP contribution in [0.5, 0.6) is 0 Å². The molecular formula is C20H26O4. The Kier molecular flexibility index (Phi) is 7.96. The zero-order chi connectivity index (χ0) is 18.1. The number of rotatable bonds is 9. The molecule has 0 fully saturated rings. The van der Waals surface area contributed by atoms with Crippen LogP contribution in [0.25, 0.3) is 0 Å². The normalized spacial score (nSPS) is 12.9. The third-order valence-corrected chi connectivity index (χ3v) is 3.91. The molecule has 0 aliphatic heterocycles. The maximum absolute atomic E-state index is 12.8. The highest BCUT2D eigenvalue weighted by atomic mass is 16.5. The van der Waals surface area contributed by atoms with Crippen LogP contribution in [-0.4, -0.2) is 26.3 Å². The first-order chi connectivity index (χ1) is 11.5. The monoisotopic (exact) mass is 330 g/mol. The Labute approximate surface area is 144 Å². The minimum Gasteiger partial charge on any atom is -0.497 e. The minimum atomic E-state index is -0.320. The molecule has 0 N–H and O–H groups in total. The van der Waals surface area contributed by atoms with Crippen molar-refractivity contribution in [1.29, 1.82) is 0 Å². The van der Waals surface area contributed by atoms with E-state index in [4.69, 9.17) is 9.47 Å². The van der Waals surface area contributed by atoms with Gasteiger partial charge < -0.3 is 9.47 Å². The number of hydrogen-bond acceptors (Lipinski definition) is 4.